The molecule has 4 heteroatoms. The van der Waals surface area contributed by atoms with Crippen molar-refractivity contribution in [2.75, 3.05) is 16.8 Å². The first kappa shape index (κ1) is 17.8. The monoisotopic (exact) mass is 362 g/mol. The quantitative estimate of drug-likeness (QED) is 0.865. The lowest BCUT2D eigenvalue weighted by molar-refractivity contribution is -0.122. The molecule has 2 aromatic carbocycles. The number of nitrogens with zero attached hydrogens (tertiary/aromatic N) is 1. The Kier molecular flexibility index (Phi) is 4.73. The lowest BCUT2D eigenvalue weighted by Gasteiger charge is -2.21. The number of anilines is 2. The van der Waals surface area contributed by atoms with Gasteiger partial charge >= 0.3 is 0 Å². The molecular weight excluding hydrogens is 336 g/mol. The number of rotatable bonds is 3. The Bertz CT molecular complexity index is 897. The molecule has 2 aliphatic rings. The summed E-state index contributed by atoms with van der Waals surface area (Å²) in [6.07, 6.45) is 5.21. The van der Waals surface area contributed by atoms with Crippen LogP contribution in [0.1, 0.15) is 52.7 Å². The number of aryl methyl sites for hydroxylation is 2. The molecule has 1 aliphatic heterocycles. The summed E-state index contributed by atoms with van der Waals surface area (Å²) in [4.78, 5) is 27.5. The molecular formula is C23H26N2O2. The van der Waals surface area contributed by atoms with Gasteiger partial charge in [0.25, 0.3) is 5.91 Å². The summed E-state index contributed by atoms with van der Waals surface area (Å²) in [5, 5.41) is 3.01. The molecule has 1 N–H and O–H groups in total. The minimum Gasteiger partial charge on any atom is -0.322 e. The van der Waals surface area contributed by atoms with Crippen molar-refractivity contribution in [1.82, 2.24) is 0 Å². The van der Waals surface area contributed by atoms with Crippen LogP contribution < -0.4 is 10.2 Å². The van der Waals surface area contributed by atoms with Crippen molar-refractivity contribution < 1.29 is 9.59 Å². The molecule has 4 nitrogen and oxygen atoms in total. The molecule has 1 heterocycles. The van der Waals surface area contributed by atoms with Gasteiger partial charge < -0.3 is 10.2 Å². The van der Waals surface area contributed by atoms with E-state index in [1.807, 2.05) is 55.1 Å². The summed E-state index contributed by atoms with van der Waals surface area (Å²) < 4.78 is 0. The molecule has 0 radical (unpaired) electrons. The maximum absolute atomic E-state index is 12.9. The first-order valence-corrected chi connectivity index (χ1v) is 9.86. The summed E-state index contributed by atoms with van der Waals surface area (Å²) >= 11 is 0. The second-order valence-electron chi connectivity index (χ2n) is 7.84. The van der Waals surface area contributed by atoms with E-state index in [2.05, 4.69) is 5.32 Å². The predicted molar refractivity (Wildman–Crippen MR) is 108 cm³/mol. The van der Waals surface area contributed by atoms with Gasteiger partial charge in [0.1, 0.15) is 0 Å². The molecule has 1 aliphatic carbocycles. The Hall–Kier alpha value is -2.62. The molecule has 27 heavy (non-hydrogen) atoms. The standard InChI is InChI=1S/C23H26N2O2/c1-15-7-8-16(2)20(13-15)22(26)24-19-10-9-17-11-12-25(21(17)14-19)23(27)18-5-3-4-6-18/h7-10,13-14,18H,3-6,11-12H2,1-2H3,(H,24,26). The molecule has 140 valence electrons. The van der Waals surface area contributed by atoms with E-state index in [1.54, 1.807) is 0 Å². The normalized spacial score (nSPS) is 16.4. The molecule has 0 aromatic heterocycles. The lowest BCUT2D eigenvalue weighted by Crippen LogP contribution is -2.33. The summed E-state index contributed by atoms with van der Waals surface area (Å²) in [7, 11) is 0. The highest BCUT2D eigenvalue weighted by atomic mass is 16.2. The van der Waals surface area contributed by atoms with Crippen LogP contribution in [0, 0.1) is 19.8 Å². The number of hydrogen-bond donors (Lipinski definition) is 1. The molecule has 2 amide bonds. The average molecular weight is 362 g/mol. The van der Waals surface area contributed by atoms with Crippen LogP contribution in [-0.2, 0) is 11.2 Å². The summed E-state index contributed by atoms with van der Waals surface area (Å²) in [6, 6.07) is 11.8. The third-order valence-corrected chi connectivity index (χ3v) is 5.85. The number of carbonyl (C=O) groups excluding carboxylic acids is 2. The molecule has 0 saturated heterocycles. The van der Waals surface area contributed by atoms with Gasteiger partial charge in [-0.25, -0.2) is 0 Å². The molecule has 1 fully saturated rings. The van der Waals surface area contributed by atoms with Crippen LogP contribution in [0.2, 0.25) is 0 Å². The minimum absolute atomic E-state index is 0.109. The van der Waals surface area contributed by atoms with E-state index in [-0.39, 0.29) is 17.7 Å². The fourth-order valence-corrected chi connectivity index (χ4v) is 4.26. The molecule has 0 spiro atoms. The zero-order valence-electron chi connectivity index (χ0n) is 16.0. The molecule has 0 bridgehead atoms. The summed E-state index contributed by atoms with van der Waals surface area (Å²) in [5.41, 5.74) is 5.60. The summed E-state index contributed by atoms with van der Waals surface area (Å²) in [6.45, 7) is 4.68. The number of amides is 2. The number of hydrogen-bond acceptors (Lipinski definition) is 2. The highest BCUT2D eigenvalue weighted by Crippen LogP contribution is 2.35. The first-order chi connectivity index (χ1) is 13.0. The van der Waals surface area contributed by atoms with Gasteiger partial charge in [-0.15, -0.1) is 0 Å². The number of nitrogens with one attached hydrogen (secondary N) is 1. The van der Waals surface area contributed by atoms with Gasteiger partial charge in [-0.05, 0) is 62.4 Å². The maximum Gasteiger partial charge on any atom is 0.255 e. The highest BCUT2D eigenvalue weighted by molar-refractivity contribution is 6.06. The second-order valence-corrected chi connectivity index (χ2v) is 7.84. The van der Waals surface area contributed by atoms with E-state index in [4.69, 9.17) is 0 Å². The maximum atomic E-state index is 12.9. The summed E-state index contributed by atoms with van der Waals surface area (Å²) in [5.74, 6) is 0.316. The fraction of sp³-hybridized carbons (Fsp3) is 0.391. The van der Waals surface area contributed by atoms with Crippen molar-refractivity contribution in [3.8, 4) is 0 Å². The Morgan fingerprint density at radius 2 is 1.81 bits per heavy atom. The van der Waals surface area contributed by atoms with Gasteiger partial charge in [0.2, 0.25) is 5.91 Å². The number of benzene rings is 2. The molecule has 2 aromatic rings. The second kappa shape index (κ2) is 7.18. The van der Waals surface area contributed by atoms with Crippen molar-refractivity contribution in [1.29, 1.82) is 0 Å². The fourth-order valence-electron chi connectivity index (χ4n) is 4.26. The van der Waals surface area contributed by atoms with E-state index in [0.29, 0.717) is 5.56 Å². The highest BCUT2D eigenvalue weighted by Gasteiger charge is 2.32. The topological polar surface area (TPSA) is 49.4 Å². The van der Waals surface area contributed by atoms with Crippen molar-refractivity contribution in [3.63, 3.8) is 0 Å². The zero-order chi connectivity index (χ0) is 19.0. The van der Waals surface area contributed by atoms with E-state index in [1.165, 1.54) is 5.56 Å². The largest absolute Gasteiger partial charge is 0.322 e. The first-order valence-electron chi connectivity index (χ1n) is 9.86. The molecule has 0 unspecified atom stereocenters. The van der Waals surface area contributed by atoms with E-state index in [0.717, 1.165) is 61.2 Å². The Balaban J connectivity index is 1.55. The average Bonchev–Trinajstić information content (AvgIpc) is 3.32. The van der Waals surface area contributed by atoms with Crippen molar-refractivity contribution >= 4 is 23.2 Å². The van der Waals surface area contributed by atoms with Gasteiger partial charge in [-0.3, -0.25) is 9.59 Å². The number of carbonyl (C=O) groups is 2. The Labute approximate surface area is 160 Å². The minimum atomic E-state index is -0.109. The lowest BCUT2D eigenvalue weighted by atomic mass is 10.0. The number of fused-ring (bicyclic) bond motifs is 1. The van der Waals surface area contributed by atoms with Crippen LogP contribution in [0.4, 0.5) is 11.4 Å². The van der Waals surface area contributed by atoms with Crippen LogP contribution in [-0.4, -0.2) is 18.4 Å². The molecule has 4 rings (SSSR count). The van der Waals surface area contributed by atoms with Crippen LogP contribution in [0.15, 0.2) is 36.4 Å². The van der Waals surface area contributed by atoms with Gasteiger partial charge in [0.05, 0.1) is 0 Å². The van der Waals surface area contributed by atoms with Gasteiger partial charge in [0.15, 0.2) is 0 Å². The van der Waals surface area contributed by atoms with Crippen molar-refractivity contribution in [3.05, 3.63) is 58.7 Å². The van der Waals surface area contributed by atoms with Crippen molar-refractivity contribution in [2.45, 2.75) is 46.0 Å². The van der Waals surface area contributed by atoms with Crippen LogP contribution in [0.3, 0.4) is 0 Å². The van der Waals surface area contributed by atoms with Gasteiger partial charge in [-0.1, -0.05) is 36.6 Å². The Morgan fingerprint density at radius 1 is 1.04 bits per heavy atom. The third-order valence-electron chi connectivity index (χ3n) is 5.85. The van der Waals surface area contributed by atoms with E-state index >= 15 is 0 Å². The molecule has 0 atom stereocenters. The van der Waals surface area contributed by atoms with Crippen LogP contribution in [0.25, 0.3) is 0 Å². The van der Waals surface area contributed by atoms with Gasteiger partial charge in [0, 0.05) is 29.4 Å². The van der Waals surface area contributed by atoms with Crippen LogP contribution in [0.5, 0.6) is 0 Å². The zero-order valence-corrected chi connectivity index (χ0v) is 16.0. The predicted octanol–water partition coefficient (Wildman–Crippen LogP) is 4.64. The molecule has 1 saturated carbocycles. The Morgan fingerprint density at radius 3 is 2.59 bits per heavy atom. The van der Waals surface area contributed by atoms with Crippen LogP contribution >= 0.6 is 0 Å². The van der Waals surface area contributed by atoms with Gasteiger partial charge in [-0.2, -0.15) is 0 Å². The smallest absolute Gasteiger partial charge is 0.255 e. The van der Waals surface area contributed by atoms with E-state index in [9.17, 15) is 9.59 Å². The SMILES string of the molecule is Cc1ccc(C)c(C(=O)Nc2ccc3c(c2)N(C(=O)C2CCCC2)CC3)c1. The third kappa shape index (κ3) is 3.48. The van der Waals surface area contributed by atoms with Crippen molar-refractivity contribution in [2.24, 2.45) is 5.92 Å². The van der Waals surface area contributed by atoms with E-state index < -0.39 is 0 Å².